The van der Waals surface area contributed by atoms with Gasteiger partial charge in [-0.1, -0.05) is 6.07 Å². The van der Waals surface area contributed by atoms with E-state index >= 15 is 0 Å². The molecule has 1 aromatic carbocycles. The maximum absolute atomic E-state index is 12.9. The summed E-state index contributed by atoms with van der Waals surface area (Å²) in [5.74, 6) is 0.212. The molecule has 4 heterocycles. The minimum Gasteiger partial charge on any atom is -0.444 e. The van der Waals surface area contributed by atoms with Crippen LogP contribution in [0, 0.1) is 6.92 Å². The molecule has 2 N–H and O–H groups in total. The van der Waals surface area contributed by atoms with Crippen LogP contribution in [0.2, 0.25) is 0 Å². The van der Waals surface area contributed by atoms with Crippen LogP contribution in [-0.2, 0) is 11.8 Å². The highest BCUT2D eigenvalue weighted by molar-refractivity contribution is 6.06. The number of rotatable bonds is 3. The van der Waals surface area contributed by atoms with Crippen LogP contribution in [0.1, 0.15) is 61.4 Å². The third-order valence-corrected chi connectivity index (χ3v) is 6.30. The van der Waals surface area contributed by atoms with E-state index in [0.717, 1.165) is 46.0 Å². The van der Waals surface area contributed by atoms with Crippen molar-refractivity contribution in [2.45, 2.75) is 52.2 Å². The van der Waals surface area contributed by atoms with Crippen LogP contribution in [0.5, 0.6) is 0 Å². The van der Waals surface area contributed by atoms with Gasteiger partial charge < -0.3 is 15.0 Å². The van der Waals surface area contributed by atoms with Gasteiger partial charge in [-0.2, -0.15) is 5.10 Å². The standard InChI is InChI=1S/C26H30N6O3/c1-15-18-9-8-16(12-22(18)31(5)30-15)24(33)29-23-13-19-17(14-27-23)11-20(28-19)21-7-6-10-32(21)25(34)35-26(2,3)4/h8-9,11-14,21,28H,6-7,10H2,1-5H3,(H,27,29,33). The number of fused-ring (bicyclic) bond motifs is 2. The molecule has 182 valence electrons. The van der Waals surface area contributed by atoms with E-state index in [9.17, 15) is 9.59 Å². The van der Waals surface area contributed by atoms with Crippen LogP contribution in [0.25, 0.3) is 21.8 Å². The minimum atomic E-state index is -0.540. The highest BCUT2D eigenvalue weighted by Crippen LogP contribution is 2.34. The van der Waals surface area contributed by atoms with Gasteiger partial charge in [0, 0.05) is 47.9 Å². The summed E-state index contributed by atoms with van der Waals surface area (Å²) >= 11 is 0. The number of amides is 2. The summed E-state index contributed by atoms with van der Waals surface area (Å²) in [6.07, 6.45) is 3.20. The number of hydrogen-bond acceptors (Lipinski definition) is 5. The summed E-state index contributed by atoms with van der Waals surface area (Å²) in [7, 11) is 1.86. The van der Waals surface area contributed by atoms with Crippen LogP contribution < -0.4 is 5.32 Å². The number of carbonyl (C=O) groups is 2. The van der Waals surface area contributed by atoms with Gasteiger partial charge in [0.2, 0.25) is 0 Å². The second-order valence-corrected chi connectivity index (χ2v) is 10.1. The van der Waals surface area contributed by atoms with Crippen molar-refractivity contribution < 1.29 is 14.3 Å². The highest BCUT2D eigenvalue weighted by atomic mass is 16.6. The lowest BCUT2D eigenvalue weighted by Crippen LogP contribution is -2.36. The van der Waals surface area contributed by atoms with Gasteiger partial charge in [0.15, 0.2) is 0 Å². The zero-order valence-corrected chi connectivity index (χ0v) is 20.7. The first-order valence-corrected chi connectivity index (χ1v) is 11.8. The summed E-state index contributed by atoms with van der Waals surface area (Å²) in [5.41, 5.74) is 3.61. The number of nitrogens with one attached hydrogen (secondary N) is 2. The SMILES string of the molecule is Cc1nn(C)c2cc(C(=O)Nc3cc4[nH]c(C5CCCN5C(=O)OC(C)(C)C)cc4cn3)ccc12. The summed E-state index contributed by atoms with van der Waals surface area (Å²) in [5, 5.41) is 9.24. The molecule has 2 amide bonds. The van der Waals surface area contributed by atoms with Gasteiger partial charge in [0.1, 0.15) is 11.4 Å². The molecule has 35 heavy (non-hydrogen) atoms. The van der Waals surface area contributed by atoms with Crippen molar-refractivity contribution in [1.82, 2.24) is 24.6 Å². The quantitative estimate of drug-likeness (QED) is 0.431. The van der Waals surface area contributed by atoms with Crippen LogP contribution in [-0.4, -0.2) is 48.8 Å². The second kappa shape index (κ2) is 8.41. The van der Waals surface area contributed by atoms with Crippen molar-refractivity contribution in [3.8, 4) is 0 Å². The molecule has 5 rings (SSSR count). The van der Waals surface area contributed by atoms with Crippen LogP contribution in [0.3, 0.4) is 0 Å². The summed E-state index contributed by atoms with van der Waals surface area (Å²) < 4.78 is 7.37. The van der Waals surface area contributed by atoms with Crippen LogP contribution in [0.15, 0.2) is 36.5 Å². The molecule has 1 unspecified atom stereocenters. The van der Waals surface area contributed by atoms with E-state index in [1.54, 1.807) is 21.8 Å². The molecule has 1 atom stereocenters. The number of H-pyrrole nitrogens is 1. The Balaban J connectivity index is 1.36. The van der Waals surface area contributed by atoms with Crippen molar-refractivity contribution in [2.75, 3.05) is 11.9 Å². The molecule has 1 aliphatic heterocycles. The van der Waals surface area contributed by atoms with Crippen molar-refractivity contribution in [3.05, 3.63) is 53.5 Å². The lowest BCUT2D eigenvalue weighted by atomic mass is 10.1. The lowest BCUT2D eigenvalue weighted by molar-refractivity contribution is 0.0222. The van der Waals surface area contributed by atoms with Gasteiger partial charge in [0.25, 0.3) is 5.91 Å². The van der Waals surface area contributed by atoms with Gasteiger partial charge in [-0.3, -0.25) is 14.4 Å². The molecule has 0 radical (unpaired) electrons. The Morgan fingerprint density at radius 1 is 1.20 bits per heavy atom. The van der Waals surface area contributed by atoms with Crippen molar-refractivity contribution in [1.29, 1.82) is 0 Å². The predicted octanol–water partition coefficient (Wildman–Crippen LogP) is 5.08. The van der Waals surface area contributed by atoms with Gasteiger partial charge in [-0.15, -0.1) is 0 Å². The average molecular weight is 475 g/mol. The number of pyridine rings is 1. The molecule has 1 aliphatic rings. The van der Waals surface area contributed by atoms with Crippen LogP contribution >= 0.6 is 0 Å². The van der Waals surface area contributed by atoms with Crippen molar-refractivity contribution in [3.63, 3.8) is 0 Å². The monoisotopic (exact) mass is 474 g/mol. The predicted molar refractivity (Wildman–Crippen MR) is 134 cm³/mol. The van der Waals surface area contributed by atoms with E-state index in [2.05, 4.69) is 20.4 Å². The van der Waals surface area contributed by atoms with E-state index < -0.39 is 5.60 Å². The number of nitrogens with zero attached hydrogens (tertiary/aromatic N) is 4. The number of aryl methyl sites for hydroxylation is 2. The highest BCUT2D eigenvalue weighted by Gasteiger charge is 2.34. The third kappa shape index (κ3) is 4.45. The Labute approximate surface area is 203 Å². The molecular weight excluding hydrogens is 444 g/mol. The average Bonchev–Trinajstić information content (AvgIpc) is 3.49. The largest absolute Gasteiger partial charge is 0.444 e. The molecule has 4 aromatic rings. The summed E-state index contributed by atoms with van der Waals surface area (Å²) in [4.78, 5) is 35.2. The molecule has 0 aliphatic carbocycles. The first-order valence-electron chi connectivity index (χ1n) is 11.8. The smallest absolute Gasteiger partial charge is 0.410 e. The number of aromatic amines is 1. The summed E-state index contributed by atoms with van der Waals surface area (Å²) in [6.45, 7) is 8.22. The van der Waals surface area contributed by atoms with E-state index in [1.165, 1.54) is 0 Å². The molecular formula is C26H30N6O3. The molecule has 0 spiro atoms. The van der Waals surface area contributed by atoms with E-state index in [1.807, 2.05) is 59.0 Å². The van der Waals surface area contributed by atoms with Crippen LogP contribution in [0.4, 0.5) is 10.6 Å². The van der Waals surface area contributed by atoms with Gasteiger partial charge >= 0.3 is 6.09 Å². The Morgan fingerprint density at radius 3 is 2.77 bits per heavy atom. The number of carbonyl (C=O) groups excluding carboxylic acids is 2. The normalized spacial score (nSPS) is 16.3. The Hall–Kier alpha value is -3.88. The van der Waals surface area contributed by atoms with Gasteiger partial charge in [0.05, 0.1) is 22.8 Å². The van der Waals surface area contributed by atoms with Crippen molar-refractivity contribution in [2.24, 2.45) is 7.05 Å². The van der Waals surface area contributed by atoms with E-state index in [4.69, 9.17) is 4.74 Å². The zero-order chi connectivity index (χ0) is 24.9. The molecule has 9 heteroatoms. The fourth-order valence-electron chi connectivity index (χ4n) is 4.69. The lowest BCUT2D eigenvalue weighted by Gasteiger charge is -2.28. The first-order chi connectivity index (χ1) is 16.6. The first kappa shape index (κ1) is 22.9. The van der Waals surface area contributed by atoms with E-state index in [0.29, 0.717) is 17.9 Å². The summed E-state index contributed by atoms with van der Waals surface area (Å²) in [6, 6.07) is 9.29. The number of ether oxygens (including phenoxy) is 1. The molecule has 1 fully saturated rings. The molecule has 0 bridgehead atoms. The Kier molecular flexibility index (Phi) is 5.50. The van der Waals surface area contributed by atoms with Gasteiger partial charge in [-0.25, -0.2) is 9.78 Å². The maximum atomic E-state index is 12.9. The number of anilines is 1. The number of benzene rings is 1. The topological polar surface area (TPSA) is 105 Å². The minimum absolute atomic E-state index is 0.0793. The van der Waals surface area contributed by atoms with Crippen molar-refractivity contribution >= 4 is 39.6 Å². The fraction of sp³-hybridized carbons (Fsp3) is 0.385. The number of likely N-dealkylation sites (tertiary alicyclic amines) is 1. The van der Waals surface area contributed by atoms with E-state index in [-0.39, 0.29) is 18.0 Å². The second-order valence-electron chi connectivity index (χ2n) is 10.1. The molecule has 9 nitrogen and oxygen atoms in total. The Morgan fingerprint density at radius 2 is 2.00 bits per heavy atom. The zero-order valence-electron chi connectivity index (χ0n) is 20.7. The molecule has 3 aromatic heterocycles. The maximum Gasteiger partial charge on any atom is 0.410 e. The Bertz CT molecular complexity index is 1440. The fourth-order valence-corrected chi connectivity index (χ4v) is 4.69. The third-order valence-electron chi connectivity index (χ3n) is 6.30. The van der Waals surface area contributed by atoms with Gasteiger partial charge in [-0.05, 0) is 58.7 Å². The number of hydrogen-bond donors (Lipinski definition) is 2. The molecule has 1 saturated heterocycles. The number of aromatic nitrogens is 4. The molecule has 0 saturated carbocycles.